The van der Waals surface area contributed by atoms with E-state index in [4.69, 9.17) is 13.8 Å². The molecule has 0 saturated heterocycles. The van der Waals surface area contributed by atoms with Gasteiger partial charge < -0.3 is 4.74 Å². The highest BCUT2D eigenvalue weighted by atomic mass is 31.2. The summed E-state index contributed by atoms with van der Waals surface area (Å²) in [5.74, 6) is 0. The standard InChI is InChI=1S/C10H24NO4P/c1-5-10(13-6-2)9-11-16(12,14-7-3)15-8-4/h10H,5-9H2,1-4H3,(H,11,12). The highest BCUT2D eigenvalue weighted by molar-refractivity contribution is 7.51. The van der Waals surface area contributed by atoms with E-state index in [1.54, 1.807) is 13.8 Å². The summed E-state index contributed by atoms with van der Waals surface area (Å²) >= 11 is 0. The van der Waals surface area contributed by atoms with Crippen LogP contribution in [0.5, 0.6) is 0 Å². The second kappa shape index (κ2) is 9.14. The van der Waals surface area contributed by atoms with Crippen molar-refractivity contribution in [3.05, 3.63) is 0 Å². The predicted octanol–water partition coefficient (Wildman–Crippen LogP) is 2.57. The van der Waals surface area contributed by atoms with Crippen molar-refractivity contribution < 1.29 is 18.3 Å². The molecule has 98 valence electrons. The van der Waals surface area contributed by atoms with Crippen molar-refractivity contribution in [2.24, 2.45) is 0 Å². The summed E-state index contributed by atoms with van der Waals surface area (Å²) < 4.78 is 27.7. The fourth-order valence-corrected chi connectivity index (χ4v) is 2.60. The molecule has 0 saturated carbocycles. The molecule has 1 atom stereocenters. The first-order chi connectivity index (χ1) is 7.61. The van der Waals surface area contributed by atoms with Crippen LogP contribution in [0.1, 0.15) is 34.1 Å². The molecule has 1 unspecified atom stereocenters. The Balaban J connectivity index is 4.13. The summed E-state index contributed by atoms with van der Waals surface area (Å²) in [5.41, 5.74) is 0. The van der Waals surface area contributed by atoms with E-state index in [1.807, 2.05) is 13.8 Å². The van der Waals surface area contributed by atoms with Crippen molar-refractivity contribution in [3.8, 4) is 0 Å². The van der Waals surface area contributed by atoms with Crippen molar-refractivity contribution in [2.75, 3.05) is 26.4 Å². The molecular formula is C10H24NO4P. The molecule has 5 nitrogen and oxygen atoms in total. The molecule has 0 rings (SSSR count). The van der Waals surface area contributed by atoms with Gasteiger partial charge in [-0.1, -0.05) is 6.92 Å². The summed E-state index contributed by atoms with van der Waals surface area (Å²) in [6.07, 6.45) is 0.901. The minimum Gasteiger partial charge on any atom is -0.377 e. The Morgan fingerprint density at radius 1 is 1.06 bits per heavy atom. The Hall–Kier alpha value is 0.0700. The van der Waals surface area contributed by atoms with Gasteiger partial charge in [0.15, 0.2) is 0 Å². The Bertz CT molecular complexity index is 203. The maximum atomic E-state index is 12.0. The van der Waals surface area contributed by atoms with Crippen LogP contribution in [0.3, 0.4) is 0 Å². The third kappa shape index (κ3) is 6.61. The van der Waals surface area contributed by atoms with Crippen LogP contribution < -0.4 is 5.09 Å². The lowest BCUT2D eigenvalue weighted by atomic mass is 10.3. The van der Waals surface area contributed by atoms with Crippen molar-refractivity contribution in [2.45, 2.75) is 40.2 Å². The molecule has 0 heterocycles. The van der Waals surface area contributed by atoms with Crippen LogP contribution in [0.25, 0.3) is 0 Å². The first kappa shape index (κ1) is 16.1. The number of hydrogen-bond donors (Lipinski definition) is 1. The zero-order chi connectivity index (χ0) is 12.4. The minimum absolute atomic E-state index is 0.0410. The summed E-state index contributed by atoms with van der Waals surface area (Å²) in [4.78, 5) is 0. The van der Waals surface area contributed by atoms with Crippen LogP contribution in [0, 0.1) is 0 Å². The van der Waals surface area contributed by atoms with Crippen molar-refractivity contribution >= 4 is 7.75 Å². The smallest absolute Gasteiger partial charge is 0.377 e. The molecule has 6 heteroatoms. The minimum atomic E-state index is -3.14. The average Bonchev–Trinajstić information content (AvgIpc) is 2.25. The van der Waals surface area contributed by atoms with Gasteiger partial charge >= 0.3 is 7.75 Å². The maximum absolute atomic E-state index is 12.0. The zero-order valence-corrected chi connectivity index (χ0v) is 11.6. The lowest BCUT2D eigenvalue weighted by molar-refractivity contribution is 0.0615. The van der Waals surface area contributed by atoms with E-state index in [9.17, 15) is 4.57 Å². The molecule has 0 radical (unpaired) electrons. The van der Waals surface area contributed by atoms with Gasteiger partial charge in [-0.2, -0.15) is 0 Å². The second-order valence-corrected chi connectivity index (χ2v) is 5.01. The molecule has 0 bridgehead atoms. The van der Waals surface area contributed by atoms with Gasteiger partial charge in [0.1, 0.15) is 0 Å². The van der Waals surface area contributed by atoms with Crippen molar-refractivity contribution in [1.29, 1.82) is 0 Å². The Labute approximate surface area is 98.4 Å². The molecule has 0 aromatic heterocycles. The Morgan fingerprint density at radius 2 is 1.62 bits per heavy atom. The molecular weight excluding hydrogens is 229 g/mol. The topological polar surface area (TPSA) is 56.8 Å². The normalized spacial score (nSPS) is 14.0. The molecule has 0 amide bonds. The fourth-order valence-electron chi connectivity index (χ4n) is 1.24. The van der Waals surface area contributed by atoms with Crippen LogP contribution in [0.2, 0.25) is 0 Å². The molecule has 0 aromatic carbocycles. The van der Waals surface area contributed by atoms with Gasteiger partial charge in [-0.15, -0.1) is 0 Å². The number of rotatable bonds is 10. The van der Waals surface area contributed by atoms with E-state index in [0.29, 0.717) is 26.4 Å². The molecule has 0 aliphatic heterocycles. The Morgan fingerprint density at radius 3 is 2.00 bits per heavy atom. The van der Waals surface area contributed by atoms with E-state index in [-0.39, 0.29) is 6.10 Å². The lowest BCUT2D eigenvalue weighted by Crippen LogP contribution is -2.28. The first-order valence-electron chi connectivity index (χ1n) is 5.87. The number of ether oxygens (including phenoxy) is 1. The maximum Gasteiger partial charge on any atom is 0.405 e. The average molecular weight is 253 g/mol. The molecule has 0 aromatic rings. The quantitative estimate of drug-likeness (QED) is 0.606. The molecule has 0 aliphatic rings. The van der Waals surface area contributed by atoms with Crippen molar-refractivity contribution in [1.82, 2.24) is 5.09 Å². The van der Waals surface area contributed by atoms with E-state index in [2.05, 4.69) is 5.09 Å². The fraction of sp³-hybridized carbons (Fsp3) is 1.00. The molecule has 0 aliphatic carbocycles. The summed E-state index contributed by atoms with van der Waals surface area (Å²) in [5, 5.41) is 2.82. The number of hydrogen-bond acceptors (Lipinski definition) is 4. The van der Waals surface area contributed by atoms with E-state index < -0.39 is 7.75 Å². The van der Waals surface area contributed by atoms with Gasteiger partial charge in [0, 0.05) is 13.2 Å². The van der Waals surface area contributed by atoms with Gasteiger partial charge in [0.2, 0.25) is 0 Å². The highest BCUT2D eigenvalue weighted by Gasteiger charge is 2.24. The van der Waals surface area contributed by atoms with Crippen LogP contribution in [0.4, 0.5) is 0 Å². The van der Waals surface area contributed by atoms with Crippen LogP contribution >= 0.6 is 7.75 Å². The third-order valence-electron chi connectivity index (χ3n) is 1.97. The zero-order valence-electron chi connectivity index (χ0n) is 10.7. The van der Waals surface area contributed by atoms with Crippen LogP contribution in [-0.2, 0) is 18.3 Å². The largest absolute Gasteiger partial charge is 0.405 e. The second-order valence-electron chi connectivity index (χ2n) is 3.18. The van der Waals surface area contributed by atoms with E-state index >= 15 is 0 Å². The molecule has 16 heavy (non-hydrogen) atoms. The van der Waals surface area contributed by atoms with E-state index in [1.165, 1.54) is 0 Å². The predicted molar refractivity (Wildman–Crippen MR) is 64.6 cm³/mol. The summed E-state index contributed by atoms with van der Waals surface area (Å²) in [7, 11) is -3.14. The van der Waals surface area contributed by atoms with Gasteiger partial charge in [0.25, 0.3) is 0 Å². The third-order valence-corrected chi connectivity index (χ3v) is 3.73. The van der Waals surface area contributed by atoms with Crippen LogP contribution in [-0.4, -0.2) is 32.5 Å². The molecule has 0 fully saturated rings. The number of nitrogens with one attached hydrogen (secondary N) is 1. The monoisotopic (exact) mass is 253 g/mol. The van der Waals surface area contributed by atoms with Gasteiger partial charge in [-0.05, 0) is 27.2 Å². The lowest BCUT2D eigenvalue weighted by Gasteiger charge is -2.21. The van der Waals surface area contributed by atoms with E-state index in [0.717, 1.165) is 6.42 Å². The molecule has 0 spiro atoms. The van der Waals surface area contributed by atoms with Crippen LogP contribution in [0.15, 0.2) is 0 Å². The highest BCUT2D eigenvalue weighted by Crippen LogP contribution is 2.43. The van der Waals surface area contributed by atoms with Crippen molar-refractivity contribution in [3.63, 3.8) is 0 Å². The van der Waals surface area contributed by atoms with Gasteiger partial charge in [0.05, 0.1) is 19.3 Å². The first-order valence-corrected chi connectivity index (χ1v) is 7.41. The van der Waals surface area contributed by atoms with Gasteiger partial charge in [-0.3, -0.25) is 9.05 Å². The Kier molecular flexibility index (Phi) is 9.18. The summed E-state index contributed by atoms with van der Waals surface area (Å²) in [6, 6.07) is 0. The molecule has 1 N–H and O–H groups in total. The SMILES string of the molecule is CCOC(CC)CNP(=O)(OCC)OCC. The van der Waals surface area contributed by atoms with Gasteiger partial charge in [-0.25, -0.2) is 9.65 Å². The summed E-state index contributed by atoms with van der Waals surface area (Å²) in [6.45, 7) is 9.36.